The van der Waals surface area contributed by atoms with Gasteiger partial charge in [0, 0.05) is 23.4 Å². The van der Waals surface area contributed by atoms with E-state index in [4.69, 9.17) is 10.5 Å². The minimum Gasteiger partial charge on any atom is -0.463 e. The number of thioether (sulfide) groups is 1. The van der Waals surface area contributed by atoms with Gasteiger partial charge in [0.2, 0.25) is 5.88 Å². The van der Waals surface area contributed by atoms with E-state index in [0.29, 0.717) is 34.8 Å². The van der Waals surface area contributed by atoms with Crippen molar-refractivity contribution in [2.45, 2.75) is 23.6 Å². The molecule has 180 valence electrons. The number of anilines is 2. The lowest BCUT2D eigenvalue weighted by Crippen LogP contribution is -2.40. The number of ether oxygens (including phenoxy) is 1. The van der Waals surface area contributed by atoms with Gasteiger partial charge in [-0.25, -0.2) is 33.1 Å². The molecule has 0 saturated heterocycles. The van der Waals surface area contributed by atoms with E-state index in [1.165, 1.54) is 24.4 Å². The SMILES string of the molecule is CC#CCOc1cnc2c(Nc3ccc(F)c([C@@]4(CF)N=C(N)S[C@@]5(CF)CC54)c3)nccc2n1. The summed E-state index contributed by atoms with van der Waals surface area (Å²) in [4.78, 5) is 17.4. The molecule has 2 aromatic heterocycles. The van der Waals surface area contributed by atoms with Crippen LogP contribution in [0.5, 0.6) is 5.88 Å². The molecule has 1 aromatic carbocycles. The van der Waals surface area contributed by atoms with Gasteiger partial charge >= 0.3 is 0 Å². The predicted octanol–water partition coefficient (Wildman–Crippen LogP) is 4.26. The molecule has 1 fully saturated rings. The quantitative estimate of drug-likeness (QED) is 0.470. The lowest BCUT2D eigenvalue weighted by Gasteiger charge is -2.34. The molecule has 1 saturated carbocycles. The van der Waals surface area contributed by atoms with Gasteiger partial charge < -0.3 is 15.8 Å². The zero-order valence-electron chi connectivity index (χ0n) is 18.7. The molecule has 1 unspecified atom stereocenters. The number of alkyl halides is 2. The standard InChI is InChI=1S/C24H21F3N6OS/c1-2-3-8-34-19-11-30-20-17(32-19)6-7-29-21(20)31-14-4-5-16(27)15(9-14)24(13-26)18-10-23(18,12-25)35-22(28)33-24/h4-7,9,11,18H,8,10,12-13H2,1H3,(H2,28,33)(H,29,31)/t18?,23-,24-/m1/s1. The van der Waals surface area contributed by atoms with Crippen molar-refractivity contribution in [3.05, 3.63) is 48.0 Å². The van der Waals surface area contributed by atoms with Crippen LogP contribution in [-0.2, 0) is 5.54 Å². The molecule has 11 heteroatoms. The fourth-order valence-electron chi connectivity index (χ4n) is 4.47. The highest BCUT2D eigenvalue weighted by Crippen LogP contribution is 2.66. The largest absolute Gasteiger partial charge is 0.463 e. The van der Waals surface area contributed by atoms with Crippen molar-refractivity contribution in [1.82, 2.24) is 15.0 Å². The van der Waals surface area contributed by atoms with Crippen molar-refractivity contribution in [2.75, 3.05) is 25.3 Å². The van der Waals surface area contributed by atoms with Crippen LogP contribution in [0.1, 0.15) is 18.9 Å². The Balaban J connectivity index is 1.49. The summed E-state index contributed by atoms with van der Waals surface area (Å²) >= 11 is 1.10. The first-order chi connectivity index (χ1) is 16.9. The maximum Gasteiger partial charge on any atom is 0.233 e. The van der Waals surface area contributed by atoms with Gasteiger partial charge in [0.05, 0.1) is 16.5 Å². The Bertz CT molecular complexity index is 1390. The molecule has 3 aromatic rings. The number of benzene rings is 1. The van der Waals surface area contributed by atoms with Gasteiger partial charge in [-0.3, -0.25) is 0 Å². The van der Waals surface area contributed by atoms with E-state index in [1.54, 1.807) is 19.2 Å². The Hall–Kier alpha value is -3.52. The third kappa shape index (κ3) is 4.01. The Kier molecular flexibility index (Phi) is 5.92. The zero-order chi connectivity index (χ0) is 24.6. The molecule has 35 heavy (non-hydrogen) atoms. The molecule has 0 radical (unpaired) electrons. The number of hydrogen-bond acceptors (Lipinski definition) is 8. The van der Waals surface area contributed by atoms with Crippen LogP contribution in [-0.4, -0.2) is 44.8 Å². The fraction of sp³-hybridized carbons (Fsp3) is 0.333. The summed E-state index contributed by atoms with van der Waals surface area (Å²) in [6, 6.07) is 5.87. The Morgan fingerprint density at radius 2 is 2.11 bits per heavy atom. The predicted molar refractivity (Wildman–Crippen MR) is 130 cm³/mol. The van der Waals surface area contributed by atoms with E-state index in [2.05, 4.69) is 37.1 Å². The van der Waals surface area contributed by atoms with Gasteiger partial charge in [0.25, 0.3) is 0 Å². The summed E-state index contributed by atoms with van der Waals surface area (Å²) < 4.78 is 48.0. The first kappa shape index (κ1) is 23.2. The van der Waals surface area contributed by atoms with Crippen LogP contribution in [0, 0.1) is 23.6 Å². The van der Waals surface area contributed by atoms with Gasteiger partial charge in [-0.1, -0.05) is 17.7 Å². The molecule has 3 heterocycles. The number of nitrogens with zero attached hydrogens (tertiary/aromatic N) is 4. The maximum atomic E-state index is 15.0. The van der Waals surface area contributed by atoms with Gasteiger partial charge in [-0.05, 0) is 37.6 Å². The zero-order valence-corrected chi connectivity index (χ0v) is 19.5. The first-order valence-electron chi connectivity index (χ1n) is 10.8. The summed E-state index contributed by atoms with van der Waals surface area (Å²) in [5.74, 6) is 5.07. The minimum atomic E-state index is -1.58. The number of fused-ring (bicyclic) bond motifs is 2. The van der Waals surface area contributed by atoms with E-state index in [0.717, 1.165) is 11.8 Å². The average Bonchev–Trinajstić information content (AvgIpc) is 3.60. The highest BCUT2D eigenvalue weighted by Gasteiger charge is 2.68. The molecule has 0 bridgehead atoms. The van der Waals surface area contributed by atoms with Gasteiger partial charge in [0.15, 0.2) is 17.6 Å². The average molecular weight is 499 g/mol. The Morgan fingerprint density at radius 3 is 2.89 bits per heavy atom. The lowest BCUT2D eigenvalue weighted by molar-refractivity contribution is 0.257. The molecule has 7 nitrogen and oxygen atoms in total. The number of amidine groups is 1. The Labute approximate surface area is 203 Å². The van der Waals surface area contributed by atoms with Gasteiger partial charge in [-0.15, -0.1) is 5.92 Å². The molecule has 0 amide bonds. The third-order valence-electron chi connectivity index (χ3n) is 6.25. The van der Waals surface area contributed by atoms with E-state index in [9.17, 15) is 8.78 Å². The molecule has 2 aliphatic rings. The minimum absolute atomic E-state index is 0.0209. The second kappa shape index (κ2) is 8.92. The monoisotopic (exact) mass is 498 g/mol. The van der Waals surface area contributed by atoms with Crippen LogP contribution in [0.15, 0.2) is 41.7 Å². The number of nitrogens with two attached hydrogens (primary N) is 1. The molecule has 1 aliphatic carbocycles. The Morgan fingerprint density at radius 1 is 1.26 bits per heavy atom. The third-order valence-corrected chi connectivity index (χ3v) is 7.52. The second-order valence-corrected chi connectivity index (χ2v) is 9.77. The first-order valence-corrected chi connectivity index (χ1v) is 11.6. The van der Waals surface area contributed by atoms with E-state index in [-0.39, 0.29) is 17.3 Å². The number of hydrogen-bond donors (Lipinski definition) is 2. The fourth-order valence-corrected chi connectivity index (χ4v) is 5.74. The van der Waals surface area contributed by atoms with Gasteiger partial charge in [0.1, 0.15) is 30.2 Å². The van der Waals surface area contributed by atoms with Crippen molar-refractivity contribution in [2.24, 2.45) is 16.6 Å². The molecule has 1 aliphatic heterocycles. The van der Waals surface area contributed by atoms with E-state index < -0.39 is 35.4 Å². The van der Waals surface area contributed by atoms with Crippen LogP contribution < -0.4 is 15.8 Å². The van der Waals surface area contributed by atoms with Crippen LogP contribution in [0.25, 0.3) is 11.0 Å². The molecule has 3 N–H and O–H groups in total. The molecular weight excluding hydrogens is 477 g/mol. The normalized spacial score (nSPS) is 24.7. The van der Waals surface area contributed by atoms with Crippen LogP contribution in [0.2, 0.25) is 0 Å². The number of halogens is 3. The van der Waals surface area contributed by atoms with E-state index >= 15 is 4.39 Å². The lowest BCUT2D eigenvalue weighted by atomic mass is 9.84. The van der Waals surface area contributed by atoms with E-state index in [1.807, 2.05) is 0 Å². The van der Waals surface area contributed by atoms with Crippen molar-refractivity contribution < 1.29 is 17.9 Å². The molecular formula is C24H21F3N6OS. The second-order valence-electron chi connectivity index (χ2n) is 8.34. The number of rotatable bonds is 7. The topological polar surface area (TPSA) is 98.3 Å². The highest BCUT2D eigenvalue weighted by molar-refractivity contribution is 8.15. The number of aromatic nitrogens is 3. The van der Waals surface area contributed by atoms with Crippen LogP contribution in [0.4, 0.5) is 24.7 Å². The highest BCUT2D eigenvalue weighted by atomic mass is 32.2. The maximum absolute atomic E-state index is 15.0. The summed E-state index contributed by atoms with van der Waals surface area (Å²) in [5, 5.41) is 3.16. The van der Waals surface area contributed by atoms with Crippen molar-refractivity contribution >= 4 is 39.5 Å². The molecule has 0 spiro atoms. The van der Waals surface area contributed by atoms with Crippen molar-refractivity contribution in [3.8, 4) is 17.7 Å². The molecule has 3 atom stereocenters. The summed E-state index contributed by atoms with van der Waals surface area (Å²) in [6.07, 6.45) is 3.38. The number of aliphatic imine (C=N–C) groups is 1. The number of pyridine rings is 1. The van der Waals surface area contributed by atoms with Crippen LogP contribution >= 0.6 is 11.8 Å². The molecule has 5 rings (SSSR count). The number of nitrogens with one attached hydrogen (secondary N) is 1. The van der Waals surface area contributed by atoms with Gasteiger partial charge in [-0.2, -0.15) is 0 Å². The smallest absolute Gasteiger partial charge is 0.233 e. The van der Waals surface area contributed by atoms with Crippen LogP contribution in [0.3, 0.4) is 0 Å². The summed E-state index contributed by atoms with van der Waals surface area (Å²) in [7, 11) is 0. The summed E-state index contributed by atoms with van der Waals surface area (Å²) in [6.45, 7) is 0.225. The van der Waals surface area contributed by atoms with Crippen molar-refractivity contribution in [3.63, 3.8) is 0 Å². The van der Waals surface area contributed by atoms with Crippen molar-refractivity contribution in [1.29, 1.82) is 0 Å². The summed E-state index contributed by atoms with van der Waals surface area (Å²) in [5.41, 5.74) is 5.79.